The standard InChI is InChI=1S/C26H28F3N5O/c1-26(28,29)21-10-8-20(9-11-21)15-34(14-19-6-7-19)25-23(27)24(32-16-33-25)31-13-18-4-2-17(3-5-18)12-22(30)35/h2-5,8-11,16,19H,6-7,12-15H2,1H3,(H2,30,35)(H,31,32,33). The maximum Gasteiger partial charge on any atom is 0.270 e. The van der Waals surface area contributed by atoms with Crippen molar-refractivity contribution >= 4 is 17.5 Å². The fraction of sp³-hybridized carbons (Fsp3) is 0.346. The molecule has 184 valence electrons. The largest absolute Gasteiger partial charge is 0.369 e. The molecule has 1 fully saturated rings. The Kier molecular flexibility index (Phi) is 7.23. The van der Waals surface area contributed by atoms with E-state index in [0.717, 1.165) is 36.5 Å². The Morgan fingerprint density at radius 3 is 2.29 bits per heavy atom. The first-order chi connectivity index (χ1) is 16.7. The molecule has 3 aromatic rings. The van der Waals surface area contributed by atoms with Crippen LogP contribution in [0.5, 0.6) is 0 Å². The molecule has 4 rings (SSSR count). The molecule has 0 saturated heterocycles. The van der Waals surface area contributed by atoms with Gasteiger partial charge in [-0.1, -0.05) is 48.5 Å². The van der Waals surface area contributed by atoms with E-state index < -0.39 is 17.6 Å². The molecule has 6 nitrogen and oxygen atoms in total. The molecule has 35 heavy (non-hydrogen) atoms. The van der Waals surface area contributed by atoms with E-state index in [1.165, 1.54) is 18.5 Å². The van der Waals surface area contributed by atoms with Crippen LogP contribution in [0.3, 0.4) is 0 Å². The molecule has 0 radical (unpaired) electrons. The van der Waals surface area contributed by atoms with Crippen LogP contribution in [-0.2, 0) is 30.2 Å². The number of carbonyl (C=O) groups excluding carboxylic acids is 1. The number of rotatable bonds is 11. The highest BCUT2D eigenvalue weighted by atomic mass is 19.3. The lowest BCUT2D eigenvalue weighted by Gasteiger charge is -2.25. The van der Waals surface area contributed by atoms with Crippen LogP contribution in [0.4, 0.5) is 24.8 Å². The van der Waals surface area contributed by atoms with E-state index in [2.05, 4.69) is 15.3 Å². The van der Waals surface area contributed by atoms with Crippen molar-refractivity contribution in [1.29, 1.82) is 0 Å². The summed E-state index contributed by atoms with van der Waals surface area (Å²) in [6.07, 6.45) is 3.62. The minimum atomic E-state index is -2.91. The number of anilines is 2. The average molecular weight is 484 g/mol. The molecule has 0 spiro atoms. The SMILES string of the molecule is CC(F)(F)c1ccc(CN(CC2CC2)c2ncnc(NCc3ccc(CC(N)=O)cc3)c2F)cc1. The Morgan fingerprint density at radius 2 is 1.69 bits per heavy atom. The molecule has 0 aliphatic heterocycles. The lowest BCUT2D eigenvalue weighted by molar-refractivity contribution is -0.117. The molecule has 0 bridgehead atoms. The van der Waals surface area contributed by atoms with Gasteiger partial charge in [0.2, 0.25) is 11.7 Å². The van der Waals surface area contributed by atoms with E-state index in [0.29, 0.717) is 25.6 Å². The number of alkyl halides is 2. The van der Waals surface area contributed by atoms with E-state index >= 15 is 4.39 Å². The minimum absolute atomic E-state index is 0.0580. The van der Waals surface area contributed by atoms with Crippen molar-refractivity contribution in [1.82, 2.24) is 9.97 Å². The summed E-state index contributed by atoms with van der Waals surface area (Å²) in [5, 5.41) is 3.01. The summed E-state index contributed by atoms with van der Waals surface area (Å²) in [5.74, 6) is -3.15. The molecule has 1 heterocycles. The van der Waals surface area contributed by atoms with Crippen LogP contribution in [0.25, 0.3) is 0 Å². The number of benzene rings is 2. The summed E-state index contributed by atoms with van der Waals surface area (Å²) in [4.78, 5) is 21.2. The Bertz CT molecular complexity index is 1160. The molecule has 0 unspecified atom stereocenters. The van der Waals surface area contributed by atoms with Crippen molar-refractivity contribution < 1.29 is 18.0 Å². The summed E-state index contributed by atoms with van der Waals surface area (Å²) in [6.45, 7) is 2.17. The number of halogens is 3. The first-order valence-electron chi connectivity index (χ1n) is 11.5. The number of nitrogens with zero attached hydrogens (tertiary/aromatic N) is 3. The molecule has 1 saturated carbocycles. The topological polar surface area (TPSA) is 84.1 Å². The normalized spacial score (nSPS) is 13.5. The van der Waals surface area contributed by atoms with Gasteiger partial charge in [0.1, 0.15) is 6.33 Å². The molecule has 1 aliphatic rings. The van der Waals surface area contributed by atoms with Crippen LogP contribution in [0, 0.1) is 11.7 Å². The molecule has 1 aliphatic carbocycles. The average Bonchev–Trinajstić information content (AvgIpc) is 3.62. The van der Waals surface area contributed by atoms with Gasteiger partial charge in [-0.2, -0.15) is 4.39 Å². The molecule has 1 aromatic heterocycles. The quantitative estimate of drug-likeness (QED) is 0.410. The van der Waals surface area contributed by atoms with Gasteiger partial charge >= 0.3 is 0 Å². The first-order valence-corrected chi connectivity index (χ1v) is 11.5. The van der Waals surface area contributed by atoms with Crippen LogP contribution in [-0.4, -0.2) is 22.4 Å². The van der Waals surface area contributed by atoms with Gasteiger partial charge in [0.05, 0.1) is 6.42 Å². The van der Waals surface area contributed by atoms with Crippen LogP contribution in [0.15, 0.2) is 54.9 Å². The zero-order valence-electron chi connectivity index (χ0n) is 19.5. The number of carbonyl (C=O) groups is 1. The summed E-state index contributed by atoms with van der Waals surface area (Å²) >= 11 is 0. The van der Waals surface area contributed by atoms with Crippen molar-refractivity contribution in [2.45, 2.75) is 45.2 Å². The van der Waals surface area contributed by atoms with Crippen molar-refractivity contribution in [3.8, 4) is 0 Å². The summed E-state index contributed by atoms with van der Waals surface area (Å²) < 4.78 is 42.6. The van der Waals surface area contributed by atoms with Crippen LogP contribution < -0.4 is 16.0 Å². The van der Waals surface area contributed by atoms with Gasteiger partial charge < -0.3 is 16.0 Å². The number of nitrogens with one attached hydrogen (secondary N) is 1. The number of amides is 1. The molecular formula is C26H28F3N5O. The van der Waals surface area contributed by atoms with Gasteiger partial charge in [0, 0.05) is 32.1 Å². The van der Waals surface area contributed by atoms with Crippen LogP contribution in [0.1, 0.15) is 42.0 Å². The van der Waals surface area contributed by atoms with Gasteiger partial charge in [0.15, 0.2) is 11.6 Å². The monoisotopic (exact) mass is 483 g/mol. The van der Waals surface area contributed by atoms with E-state index in [9.17, 15) is 13.6 Å². The second-order valence-electron chi connectivity index (χ2n) is 9.08. The van der Waals surface area contributed by atoms with Crippen molar-refractivity contribution in [2.75, 3.05) is 16.8 Å². The summed E-state index contributed by atoms with van der Waals surface area (Å²) in [7, 11) is 0. The maximum absolute atomic E-state index is 15.4. The van der Waals surface area contributed by atoms with Gasteiger partial charge in [0.25, 0.3) is 5.92 Å². The summed E-state index contributed by atoms with van der Waals surface area (Å²) in [6, 6.07) is 13.4. The van der Waals surface area contributed by atoms with E-state index in [4.69, 9.17) is 5.73 Å². The van der Waals surface area contributed by atoms with Gasteiger partial charge in [-0.15, -0.1) is 0 Å². The second-order valence-corrected chi connectivity index (χ2v) is 9.08. The molecule has 9 heteroatoms. The van der Waals surface area contributed by atoms with E-state index in [-0.39, 0.29) is 23.6 Å². The third-order valence-electron chi connectivity index (χ3n) is 5.94. The van der Waals surface area contributed by atoms with Crippen molar-refractivity contribution in [2.24, 2.45) is 11.7 Å². The Balaban J connectivity index is 1.48. The molecule has 2 aromatic carbocycles. The fourth-order valence-corrected chi connectivity index (χ4v) is 3.83. The molecular weight excluding hydrogens is 455 g/mol. The highest BCUT2D eigenvalue weighted by Crippen LogP contribution is 2.33. The number of nitrogens with two attached hydrogens (primary N) is 1. The lowest BCUT2D eigenvalue weighted by atomic mass is 10.1. The molecule has 0 atom stereocenters. The fourth-order valence-electron chi connectivity index (χ4n) is 3.83. The van der Waals surface area contributed by atoms with Gasteiger partial charge in [-0.3, -0.25) is 4.79 Å². The lowest BCUT2D eigenvalue weighted by Crippen LogP contribution is -2.27. The Hall–Kier alpha value is -3.62. The third kappa shape index (κ3) is 6.71. The highest BCUT2D eigenvalue weighted by Gasteiger charge is 2.28. The first kappa shape index (κ1) is 24.5. The molecule has 3 N–H and O–H groups in total. The van der Waals surface area contributed by atoms with E-state index in [1.807, 2.05) is 17.0 Å². The smallest absolute Gasteiger partial charge is 0.270 e. The zero-order valence-corrected chi connectivity index (χ0v) is 19.5. The second kappa shape index (κ2) is 10.3. The Labute approximate surface area is 202 Å². The third-order valence-corrected chi connectivity index (χ3v) is 5.94. The number of hydrogen-bond acceptors (Lipinski definition) is 5. The highest BCUT2D eigenvalue weighted by molar-refractivity contribution is 5.76. The number of aromatic nitrogens is 2. The van der Waals surface area contributed by atoms with Crippen molar-refractivity contribution in [3.05, 3.63) is 82.9 Å². The number of hydrogen-bond donors (Lipinski definition) is 2. The molecule has 1 amide bonds. The van der Waals surface area contributed by atoms with Gasteiger partial charge in [-0.05, 0) is 35.4 Å². The van der Waals surface area contributed by atoms with E-state index in [1.54, 1.807) is 24.3 Å². The van der Waals surface area contributed by atoms with Gasteiger partial charge in [-0.25, -0.2) is 18.7 Å². The van der Waals surface area contributed by atoms with Crippen molar-refractivity contribution in [3.63, 3.8) is 0 Å². The predicted molar refractivity (Wildman–Crippen MR) is 128 cm³/mol. The number of primary amides is 1. The summed E-state index contributed by atoms with van der Waals surface area (Å²) in [5.41, 5.74) is 7.65. The Morgan fingerprint density at radius 1 is 1.06 bits per heavy atom. The minimum Gasteiger partial charge on any atom is -0.369 e. The zero-order chi connectivity index (χ0) is 25.0. The maximum atomic E-state index is 15.4. The van der Waals surface area contributed by atoms with Crippen LogP contribution >= 0.6 is 0 Å². The van der Waals surface area contributed by atoms with Crippen LogP contribution in [0.2, 0.25) is 0 Å². The predicted octanol–water partition coefficient (Wildman–Crippen LogP) is 4.78.